The molecule has 1 aliphatic heterocycles. The van der Waals surface area contributed by atoms with Crippen LogP contribution in [0.4, 0.5) is 4.79 Å². The average Bonchev–Trinajstić information content (AvgIpc) is 3.30. The first-order valence-corrected chi connectivity index (χ1v) is 10.9. The van der Waals surface area contributed by atoms with Crippen LogP contribution in [0.1, 0.15) is 19.7 Å². The summed E-state index contributed by atoms with van der Waals surface area (Å²) < 4.78 is 8.30. The molecule has 2 aromatic heterocycles. The van der Waals surface area contributed by atoms with E-state index in [0.717, 1.165) is 25.2 Å². The lowest BCUT2D eigenvalue weighted by molar-refractivity contribution is 0.0364. The molecule has 1 aliphatic rings. The summed E-state index contributed by atoms with van der Waals surface area (Å²) >= 11 is 0. The van der Waals surface area contributed by atoms with Crippen molar-refractivity contribution in [2.45, 2.75) is 26.8 Å². The van der Waals surface area contributed by atoms with Crippen molar-refractivity contribution < 1.29 is 9.53 Å². The molecule has 0 saturated carbocycles. The summed E-state index contributed by atoms with van der Waals surface area (Å²) in [7, 11) is 1.71. The van der Waals surface area contributed by atoms with Crippen LogP contribution in [-0.4, -0.2) is 79.7 Å². The molecule has 11 nitrogen and oxygen atoms in total. The van der Waals surface area contributed by atoms with Gasteiger partial charge in [0, 0.05) is 39.1 Å². The summed E-state index contributed by atoms with van der Waals surface area (Å²) in [4.78, 5) is 30.0. The number of tetrazole rings is 1. The minimum absolute atomic E-state index is 0.309. The Balaban J connectivity index is 1.49. The quantitative estimate of drug-likeness (QED) is 0.567. The van der Waals surface area contributed by atoms with Gasteiger partial charge < -0.3 is 10.1 Å². The summed E-state index contributed by atoms with van der Waals surface area (Å²) in [5.74, 6) is 0.614. The van der Waals surface area contributed by atoms with Gasteiger partial charge in [0.2, 0.25) is 0 Å². The van der Waals surface area contributed by atoms with Gasteiger partial charge >= 0.3 is 11.7 Å². The van der Waals surface area contributed by atoms with Crippen LogP contribution in [0.2, 0.25) is 0 Å². The number of rotatable bonds is 7. The molecule has 1 fully saturated rings. The number of imidazole rings is 1. The van der Waals surface area contributed by atoms with E-state index in [2.05, 4.69) is 25.6 Å². The zero-order valence-electron chi connectivity index (χ0n) is 18.8. The number of hydrogen-bond acceptors (Lipinski definition) is 7. The van der Waals surface area contributed by atoms with Gasteiger partial charge in [-0.25, -0.2) is 14.2 Å². The molecule has 3 aromatic rings. The number of nitrogens with zero attached hydrogens (tertiary/aromatic N) is 7. The number of amides is 1. The predicted molar refractivity (Wildman–Crippen MR) is 119 cm³/mol. The molecule has 1 aromatic carbocycles. The predicted octanol–water partition coefficient (Wildman–Crippen LogP) is 0.485. The highest BCUT2D eigenvalue weighted by molar-refractivity contribution is 5.89. The number of carbonyl (C=O) groups excluding carboxylic acids is 1. The lowest BCUT2D eigenvalue weighted by Crippen LogP contribution is -2.42. The molecular formula is C21H30N8O3. The van der Waals surface area contributed by atoms with E-state index >= 15 is 0 Å². The van der Waals surface area contributed by atoms with E-state index in [1.54, 1.807) is 17.7 Å². The lowest BCUT2D eigenvalue weighted by atomic mass is 9.89. The van der Waals surface area contributed by atoms with Crippen molar-refractivity contribution >= 4 is 17.1 Å². The van der Waals surface area contributed by atoms with Crippen LogP contribution < -0.4 is 11.0 Å². The Kier molecular flexibility index (Phi) is 6.38. The maximum atomic E-state index is 13.2. The molecule has 3 heterocycles. The zero-order chi connectivity index (χ0) is 22.7. The smallest absolute Gasteiger partial charge is 0.337 e. The number of nitrogens with one attached hydrogen (secondary N) is 1. The van der Waals surface area contributed by atoms with Crippen molar-refractivity contribution in [3.05, 3.63) is 40.6 Å². The molecule has 4 rings (SSSR count). The minimum atomic E-state index is -0.434. The Hall–Kier alpha value is -3.05. The van der Waals surface area contributed by atoms with Crippen molar-refractivity contribution in [2.24, 2.45) is 12.5 Å². The van der Waals surface area contributed by atoms with Crippen LogP contribution in [0.15, 0.2) is 29.1 Å². The summed E-state index contributed by atoms with van der Waals surface area (Å²) in [5.41, 5.74) is 0.719. The van der Waals surface area contributed by atoms with Crippen molar-refractivity contribution in [3.8, 4) is 0 Å². The molecule has 1 N–H and O–H groups in total. The van der Waals surface area contributed by atoms with Crippen LogP contribution in [0.25, 0.3) is 11.0 Å². The van der Waals surface area contributed by atoms with Crippen molar-refractivity contribution in [2.75, 3.05) is 39.4 Å². The van der Waals surface area contributed by atoms with Gasteiger partial charge in [-0.1, -0.05) is 26.0 Å². The Morgan fingerprint density at radius 1 is 1.16 bits per heavy atom. The van der Waals surface area contributed by atoms with Gasteiger partial charge in [-0.05, 0) is 22.8 Å². The SMILES string of the molecule is Cn1nnc(CC(C)(C)CNC(=O)n2c(=O)n(CCN3CCOCC3)c3ccccc32)n1. The molecule has 0 spiro atoms. The van der Waals surface area contributed by atoms with Crippen molar-refractivity contribution in [1.82, 2.24) is 39.6 Å². The molecule has 1 saturated heterocycles. The first kappa shape index (κ1) is 22.2. The van der Waals surface area contributed by atoms with E-state index in [1.165, 1.54) is 9.36 Å². The topological polar surface area (TPSA) is 112 Å². The molecule has 172 valence electrons. The largest absolute Gasteiger partial charge is 0.379 e. The van der Waals surface area contributed by atoms with Crippen LogP contribution >= 0.6 is 0 Å². The second-order valence-corrected chi connectivity index (χ2v) is 8.91. The highest BCUT2D eigenvalue weighted by Gasteiger charge is 2.24. The fraction of sp³-hybridized carbons (Fsp3) is 0.571. The fourth-order valence-corrected chi connectivity index (χ4v) is 3.97. The van der Waals surface area contributed by atoms with Gasteiger partial charge in [-0.2, -0.15) is 4.80 Å². The monoisotopic (exact) mass is 442 g/mol. The second-order valence-electron chi connectivity index (χ2n) is 8.91. The number of aromatic nitrogens is 6. The number of para-hydroxylation sites is 2. The highest BCUT2D eigenvalue weighted by Crippen LogP contribution is 2.19. The van der Waals surface area contributed by atoms with Crippen LogP contribution in [0.5, 0.6) is 0 Å². The number of fused-ring (bicyclic) bond motifs is 1. The second kappa shape index (κ2) is 9.21. The summed E-state index contributed by atoms with van der Waals surface area (Å²) in [5, 5.41) is 15.0. The van der Waals surface area contributed by atoms with Gasteiger partial charge in [0.05, 0.1) is 31.3 Å². The normalized spacial score (nSPS) is 15.3. The number of morpholine rings is 1. The number of ether oxygens (including phenoxy) is 1. The summed E-state index contributed by atoms with van der Waals surface area (Å²) in [6, 6.07) is 6.96. The average molecular weight is 443 g/mol. The fourth-order valence-electron chi connectivity index (χ4n) is 3.97. The van der Waals surface area contributed by atoms with Crippen LogP contribution in [0, 0.1) is 5.41 Å². The minimum Gasteiger partial charge on any atom is -0.379 e. The maximum absolute atomic E-state index is 13.2. The number of hydrogen-bond donors (Lipinski definition) is 1. The molecule has 0 unspecified atom stereocenters. The Morgan fingerprint density at radius 3 is 2.56 bits per heavy atom. The number of carbonyl (C=O) groups is 1. The first-order valence-electron chi connectivity index (χ1n) is 10.9. The summed E-state index contributed by atoms with van der Waals surface area (Å²) in [6.07, 6.45) is 0.553. The third-order valence-corrected chi connectivity index (χ3v) is 5.69. The van der Waals surface area contributed by atoms with Gasteiger partial charge in [-0.3, -0.25) is 9.47 Å². The molecule has 1 amide bonds. The maximum Gasteiger partial charge on any atom is 0.337 e. The van der Waals surface area contributed by atoms with E-state index in [1.807, 2.05) is 32.0 Å². The molecule has 32 heavy (non-hydrogen) atoms. The third-order valence-electron chi connectivity index (χ3n) is 5.69. The number of aryl methyl sites for hydroxylation is 1. The van der Waals surface area contributed by atoms with E-state index < -0.39 is 6.03 Å². The standard InChI is InChI=1S/C21H30N8O3/c1-21(2,14-18-23-25-26(3)24-18)15-22-19(30)29-17-7-5-4-6-16(17)28(20(29)31)9-8-27-10-12-32-13-11-27/h4-7H,8-15H2,1-3H3,(H,22,30). The number of benzene rings is 1. The lowest BCUT2D eigenvalue weighted by Gasteiger charge is -2.26. The molecule has 11 heteroatoms. The zero-order valence-corrected chi connectivity index (χ0v) is 18.8. The van der Waals surface area contributed by atoms with Gasteiger partial charge in [0.15, 0.2) is 5.82 Å². The molecule has 0 radical (unpaired) electrons. The van der Waals surface area contributed by atoms with Crippen LogP contribution in [-0.2, 0) is 24.8 Å². The molecular weight excluding hydrogens is 412 g/mol. The van der Waals surface area contributed by atoms with Gasteiger partial charge in [-0.15, -0.1) is 10.2 Å². The molecule has 0 atom stereocenters. The summed E-state index contributed by atoms with van der Waals surface area (Å²) in [6.45, 7) is 8.76. The van der Waals surface area contributed by atoms with E-state index in [-0.39, 0.29) is 11.1 Å². The Labute approximate surface area is 185 Å². The van der Waals surface area contributed by atoms with E-state index in [4.69, 9.17) is 4.74 Å². The van der Waals surface area contributed by atoms with Gasteiger partial charge in [0.1, 0.15) is 0 Å². The molecule has 0 bridgehead atoms. The highest BCUT2D eigenvalue weighted by atomic mass is 16.5. The van der Waals surface area contributed by atoms with Crippen molar-refractivity contribution in [1.29, 1.82) is 0 Å². The van der Waals surface area contributed by atoms with Crippen LogP contribution in [0.3, 0.4) is 0 Å². The first-order chi connectivity index (χ1) is 15.3. The Morgan fingerprint density at radius 2 is 1.88 bits per heavy atom. The van der Waals surface area contributed by atoms with E-state index in [0.29, 0.717) is 44.1 Å². The molecule has 0 aliphatic carbocycles. The van der Waals surface area contributed by atoms with Gasteiger partial charge in [0.25, 0.3) is 0 Å². The third kappa shape index (κ3) is 4.89. The van der Waals surface area contributed by atoms with E-state index in [9.17, 15) is 9.59 Å². The Bertz CT molecular complexity index is 1140. The van der Waals surface area contributed by atoms with Crippen molar-refractivity contribution in [3.63, 3.8) is 0 Å².